The Hall–Kier alpha value is -0.860. The van der Waals surface area contributed by atoms with Gasteiger partial charge in [0.15, 0.2) is 0 Å². The van der Waals surface area contributed by atoms with E-state index < -0.39 is 0 Å². The van der Waals surface area contributed by atoms with E-state index in [4.69, 9.17) is 0 Å². The van der Waals surface area contributed by atoms with Gasteiger partial charge in [0.1, 0.15) is 0 Å². The van der Waals surface area contributed by atoms with Crippen molar-refractivity contribution in [3.63, 3.8) is 0 Å². The summed E-state index contributed by atoms with van der Waals surface area (Å²) in [5.41, 5.74) is 1.45. The van der Waals surface area contributed by atoms with Gasteiger partial charge in [-0.25, -0.2) is 0 Å². The molecule has 0 aromatic heterocycles. The van der Waals surface area contributed by atoms with Gasteiger partial charge in [0.25, 0.3) is 0 Å². The Kier molecular flexibility index (Phi) is 6.06. The molecule has 0 radical (unpaired) electrons. The lowest BCUT2D eigenvalue weighted by Crippen LogP contribution is -2.49. The highest BCUT2D eigenvalue weighted by Crippen LogP contribution is 2.28. The molecule has 2 rings (SSSR count). The van der Waals surface area contributed by atoms with E-state index in [0.717, 1.165) is 18.5 Å². The Morgan fingerprint density at radius 1 is 1.25 bits per heavy atom. The molecule has 1 aromatic rings. The molecule has 0 aliphatic carbocycles. The molecule has 2 nitrogen and oxygen atoms in total. The number of likely N-dealkylation sites (tertiary alicyclic amines) is 1. The predicted octanol–water partition coefficient (Wildman–Crippen LogP) is 3.85. The first-order chi connectivity index (χ1) is 9.76. The summed E-state index contributed by atoms with van der Waals surface area (Å²) >= 11 is 0. The first-order valence-electron chi connectivity index (χ1n) is 8.28. The van der Waals surface area contributed by atoms with Gasteiger partial charge >= 0.3 is 0 Å². The second-order valence-electron chi connectivity index (χ2n) is 6.10. The highest BCUT2D eigenvalue weighted by Gasteiger charge is 2.29. The quantitative estimate of drug-likeness (QED) is 0.847. The average Bonchev–Trinajstić information content (AvgIpc) is 2.52. The molecular weight excluding hydrogens is 244 g/mol. The highest BCUT2D eigenvalue weighted by atomic mass is 15.2. The van der Waals surface area contributed by atoms with Gasteiger partial charge < -0.3 is 5.32 Å². The van der Waals surface area contributed by atoms with Gasteiger partial charge in [0.2, 0.25) is 0 Å². The second kappa shape index (κ2) is 7.80. The van der Waals surface area contributed by atoms with E-state index in [9.17, 15) is 0 Å². The molecule has 112 valence electrons. The number of piperidine rings is 1. The molecule has 0 bridgehead atoms. The minimum Gasteiger partial charge on any atom is -0.314 e. The SMILES string of the molecule is CCCNC1CCN(C(C)c2ccccc2)CC1CC. The lowest BCUT2D eigenvalue weighted by molar-refractivity contribution is 0.101. The van der Waals surface area contributed by atoms with Crippen LogP contribution < -0.4 is 5.32 Å². The van der Waals surface area contributed by atoms with Crippen LogP contribution in [0.25, 0.3) is 0 Å². The van der Waals surface area contributed by atoms with Gasteiger partial charge in [0.05, 0.1) is 0 Å². The van der Waals surface area contributed by atoms with Crippen molar-refractivity contribution in [2.45, 2.75) is 52.1 Å². The third-order valence-corrected chi connectivity index (χ3v) is 4.78. The van der Waals surface area contributed by atoms with Crippen LogP contribution >= 0.6 is 0 Å². The summed E-state index contributed by atoms with van der Waals surface area (Å²) in [5, 5.41) is 3.74. The molecule has 1 aromatic carbocycles. The van der Waals surface area contributed by atoms with E-state index in [0.29, 0.717) is 6.04 Å². The standard InChI is InChI=1S/C18H30N2/c1-4-12-19-18-11-13-20(14-16(18)5-2)15(3)17-9-7-6-8-10-17/h6-10,15-16,18-19H,4-5,11-14H2,1-3H3. The molecule has 3 unspecified atom stereocenters. The van der Waals surface area contributed by atoms with Crippen molar-refractivity contribution in [3.8, 4) is 0 Å². The fourth-order valence-electron chi connectivity index (χ4n) is 3.37. The maximum atomic E-state index is 3.74. The van der Waals surface area contributed by atoms with E-state index in [1.807, 2.05) is 0 Å². The number of nitrogens with one attached hydrogen (secondary N) is 1. The third-order valence-electron chi connectivity index (χ3n) is 4.78. The zero-order valence-electron chi connectivity index (χ0n) is 13.3. The summed E-state index contributed by atoms with van der Waals surface area (Å²) in [5.74, 6) is 0.793. The fourth-order valence-corrected chi connectivity index (χ4v) is 3.37. The average molecular weight is 274 g/mol. The van der Waals surface area contributed by atoms with E-state index in [1.165, 1.54) is 37.9 Å². The molecule has 1 aliphatic rings. The lowest BCUT2D eigenvalue weighted by Gasteiger charge is -2.41. The van der Waals surface area contributed by atoms with Crippen LogP contribution in [0.15, 0.2) is 30.3 Å². The number of hydrogen-bond donors (Lipinski definition) is 1. The van der Waals surface area contributed by atoms with Gasteiger partial charge in [0, 0.05) is 25.2 Å². The molecule has 3 atom stereocenters. The zero-order chi connectivity index (χ0) is 14.4. The minimum atomic E-state index is 0.539. The largest absolute Gasteiger partial charge is 0.314 e. The zero-order valence-corrected chi connectivity index (χ0v) is 13.3. The highest BCUT2D eigenvalue weighted by molar-refractivity contribution is 5.18. The van der Waals surface area contributed by atoms with E-state index >= 15 is 0 Å². The molecule has 2 heteroatoms. The minimum absolute atomic E-state index is 0.539. The Morgan fingerprint density at radius 2 is 2.00 bits per heavy atom. The molecule has 1 N–H and O–H groups in total. The van der Waals surface area contributed by atoms with Crippen molar-refractivity contribution < 1.29 is 0 Å². The van der Waals surface area contributed by atoms with Gasteiger partial charge in [-0.2, -0.15) is 0 Å². The Bertz CT molecular complexity index is 376. The number of rotatable bonds is 6. The topological polar surface area (TPSA) is 15.3 Å². The summed E-state index contributed by atoms with van der Waals surface area (Å²) in [6, 6.07) is 12.2. The maximum Gasteiger partial charge on any atom is 0.0320 e. The first kappa shape index (κ1) is 15.5. The van der Waals surface area contributed by atoms with Crippen LogP contribution in [0.2, 0.25) is 0 Å². The summed E-state index contributed by atoms with van der Waals surface area (Å²) in [4.78, 5) is 2.66. The van der Waals surface area contributed by atoms with Crippen LogP contribution in [0.3, 0.4) is 0 Å². The van der Waals surface area contributed by atoms with Gasteiger partial charge in [-0.1, -0.05) is 50.6 Å². The molecule has 0 saturated carbocycles. The van der Waals surface area contributed by atoms with E-state index in [-0.39, 0.29) is 0 Å². The molecule has 1 heterocycles. The monoisotopic (exact) mass is 274 g/mol. The fraction of sp³-hybridized carbons (Fsp3) is 0.667. The predicted molar refractivity (Wildman–Crippen MR) is 86.9 cm³/mol. The molecule has 1 aliphatic heterocycles. The molecule has 1 fully saturated rings. The van der Waals surface area contributed by atoms with Gasteiger partial charge in [-0.05, 0) is 37.8 Å². The molecule has 1 saturated heterocycles. The van der Waals surface area contributed by atoms with Crippen LogP contribution in [0.1, 0.15) is 51.6 Å². The Balaban J connectivity index is 1.95. The summed E-state index contributed by atoms with van der Waals surface area (Å²) in [6.45, 7) is 10.5. The van der Waals surface area contributed by atoms with Crippen LogP contribution in [-0.2, 0) is 0 Å². The van der Waals surface area contributed by atoms with Crippen LogP contribution in [0.5, 0.6) is 0 Å². The molecule has 20 heavy (non-hydrogen) atoms. The summed E-state index contributed by atoms with van der Waals surface area (Å²) < 4.78 is 0. The van der Waals surface area contributed by atoms with Gasteiger partial charge in [-0.15, -0.1) is 0 Å². The van der Waals surface area contributed by atoms with Gasteiger partial charge in [-0.3, -0.25) is 4.90 Å². The van der Waals surface area contributed by atoms with Crippen molar-refractivity contribution in [2.75, 3.05) is 19.6 Å². The number of nitrogens with zero attached hydrogens (tertiary/aromatic N) is 1. The number of hydrogen-bond acceptors (Lipinski definition) is 2. The van der Waals surface area contributed by atoms with Crippen LogP contribution in [0.4, 0.5) is 0 Å². The van der Waals surface area contributed by atoms with Crippen molar-refractivity contribution >= 4 is 0 Å². The molecular formula is C18H30N2. The first-order valence-corrected chi connectivity index (χ1v) is 8.28. The lowest BCUT2D eigenvalue weighted by atomic mass is 9.88. The van der Waals surface area contributed by atoms with Crippen LogP contribution in [-0.4, -0.2) is 30.6 Å². The maximum absolute atomic E-state index is 3.74. The Morgan fingerprint density at radius 3 is 2.65 bits per heavy atom. The summed E-state index contributed by atoms with van der Waals surface area (Å²) in [6.07, 6.45) is 3.80. The smallest absolute Gasteiger partial charge is 0.0320 e. The molecule has 0 spiro atoms. The Labute approximate surface area is 124 Å². The van der Waals surface area contributed by atoms with Crippen molar-refractivity contribution in [2.24, 2.45) is 5.92 Å². The number of benzene rings is 1. The van der Waals surface area contributed by atoms with Crippen LogP contribution in [0, 0.1) is 5.92 Å². The van der Waals surface area contributed by atoms with Crippen molar-refractivity contribution in [3.05, 3.63) is 35.9 Å². The van der Waals surface area contributed by atoms with Crippen molar-refractivity contribution in [1.82, 2.24) is 10.2 Å². The second-order valence-corrected chi connectivity index (χ2v) is 6.10. The normalized spacial score (nSPS) is 25.6. The summed E-state index contributed by atoms with van der Waals surface area (Å²) in [7, 11) is 0. The molecule has 0 amide bonds. The van der Waals surface area contributed by atoms with E-state index in [2.05, 4.69) is 61.3 Å². The van der Waals surface area contributed by atoms with Crippen molar-refractivity contribution in [1.29, 1.82) is 0 Å². The third kappa shape index (κ3) is 3.83. The van der Waals surface area contributed by atoms with E-state index in [1.54, 1.807) is 0 Å².